The fraction of sp³-hybridized carbons (Fsp3) is 0.471. The minimum atomic E-state index is -1.11. The molecule has 0 saturated carbocycles. The maximum Gasteiger partial charge on any atom is 0.326 e. The number of carbonyl (C=O) groups is 3. The van der Waals surface area contributed by atoms with Gasteiger partial charge in [0.15, 0.2) is 0 Å². The maximum absolute atomic E-state index is 14.0. The summed E-state index contributed by atoms with van der Waals surface area (Å²) in [6, 6.07) is 15.1. The molecule has 234 valence electrons. The van der Waals surface area contributed by atoms with E-state index in [2.05, 4.69) is 5.32 Å². The molecule has 2 fully saturated rings. The third-order valence-corrected chi connectivity index (χ3v) is 8.41. The van der Waals surface area contributed by atoms with E-state index in [4.69, 9.17) is 19.2 Å². The third kappa shape index (κ3) is 7.13. The maximum atomic E-state index is 14.0. The molecule has 3 heterocycles. The Morgan fingerprint density at radius 2 is 1.82 bits per heavy atom. The molecule has 0 radical (unpaired) electrons. The lowest BCUT2D eigenvalue weighted by molar-refractivity contribution is -0.150. The van der Waals surface area contributed by atoms with Gasteiger partial charge in [0.2, 0.25) is 11.8 Å². The number of nitrogens with one attached hydrogen (secondary N) is 1. The van der Waals surface area contributed by atoms with E-state index in [1.165, 1.54) is 4.90 Å². The number of fused-ring (bicyclic) bond motifs is 1. The number of carbonyl (C=O) groups excluding carboxylic acids is 2. The number of amides is 2. The summed E-state index contributed by atoms with van der Waals surface area (Å²) in [5.74, 6) is -0.359. The summed E-state index contributed by atoms with van der Waals surface area (Å²) in [7, 11) is 1.59. The quantitative estimate of drug-likeness (QED) is 0.361. The van der Waals surface area contributed by atoms with Gasteiger partial charge in [-0.25, -0.2) is 9.78 Å². The zero-order valence-electron chi connectivity index (χ0n) is 25.7. The number of rotatable bonds is 9. The summed E-state index contributed by atoms with van der Waals surface area (Å²) in [5, 5.41) is 13.8. The molecule has 0 bridgehead atoms. The van der Waals surface area contributed by atoms with Crippen LogP contribution in [0.3, 0.4) is 0 Å². The second-order valence-electron chi connectivity index (χ2n) is 12.7. The number of ether oxygens (including phenoxy) is 3. The van der Waals surface area contributed by atoms with E-state index in [1.54, 1.807) is 7.11 Å². The highest BCUT2D eigenvalue weighted by molar-refractivity contribution is 5.92. The topological polar surface area (TPSA) is 127 Å². The van der Waals surface area contributed by atoms with E-state index in [0.717, 1.165) is 23.8 Å². The van der Waals surface area contributed by atoms with Crippen molar-refractivity contribution in [3.63, 3.8) is 0 Å². The van der Waals surface area contributed by atoms with Crippen molar-refractivity contribution in [2.45, 2.75) is 64.6 Å². The van der Waals surface area contributed by atoms with Gasteiger partial charge in [-0.1, -0.05) is 51.1 Å². The minimum absolute atomic E-state index is 0.0683. The minimum Gasteiger partial charge on any atom is -0.497 e. The van der Waals surface area contributed by atoms with Gasteiger partial charge in [-0.2, -0.15) is 0 Å². The molecule has 3 aromatic rings. The largest absolute Gasteiger partial charge is 0.497 e. The highest BCUT2D eigenvalue weighted by atomic mass is 16.5. The number of likely N-dealkylation sites (tertiary alicyclic amines) is 1. The molecule has 3 atom stereocenters. The molecule has 10 nitrogen and oxygen atoms in total. The normalized spacial score (nSPS) is 19.9. The fourth-order valence-electron chi connectivity index (χ4n) is 5.94. The number of methoxy groups -OCH3 is 1. The number of hydrogen-bond acceptors (Lipinski definition) is 7. The molecule has 3 unspecified atom stereocenters. The predicted octanol–water partition coefficient (Wildman–Crippen LogP) is 4.69. The van der Waals surface area contributed by atoms with Crippen LogP contribution >= 0.6 is 0 Å². The van der Waals surface area contributed by atoms with Crippen LogP contribution in [0.25, 0.3) is 22.2 Å². The van der Waals surface area contributed by atoms with Crippen molar-refractivity contribution in [2.24, 2.45) is 11.3 Å². The first kappa shape index (κ1) is 31.3. The SMILES string of the molecule is COc1ccc2c(OC3CC(C(=O)O)N(C(=O)C(NC(=O)CC4CCOCC4)C(C)(C)C)C3)cc(-c3ccccc3)nc2c1. The Hall–Kier alpha value is -4.18. The van der Waals surface area contributed by atoms with Crippen LogP contribution < -0.4 is 14.8 Å². The van der Waals surface area contributed by atoms with Crippen LogP contribution in [-0.2, 0) is 19.1 Å². The molecule has 0 aliphatic carbocycles. The van der Waals surface area contributed by atoms with Gasteiger partial charge >= 0.3 is 5.97 Å². The van der Waals surface area contributed by atoms with Crippen LogP contribution in [0.1, 0.15) is 46.5 Å². The van der Waals surface area contributed by atoms with Gasteiger partial charge in [0.25, 0.3) is 0 Å². The summed E-state index contributed by atoms with van der Waals surface area (Å²) in [6.45, 7) is 6.93. The lowest BCUT2D eigenvalue weighted by atomic mass is 9.85. The fourth-order valence-corrected chi connectivity index (χ4v) is 5.94. The zero-order valence-corrected chi connectivity index (χ0v) is 25.7. The van der Waals surface area contributed by atoms with Crippen LogP contribution in [-0.4, -0.2) is 77.8 Å². The van der Waals surface area contributed by atoms with Crippen molar-refractivity contribution in [3.8, 4) is 22.8 Å². The number of nitrogens with zero attached hydrogens (tertiary/aromatic N) is 2. The van der Waals surface area contributed by atoms with E-state index in [0.29, 0.717) is 42.3 Å². The summed E-state index contributed by atoms with van der Waals surface area (Å²) in [5.41, 5.74) is 1.62. The highest BCUT2D eigenvalue weighted by Crippen LogP contribution is 2.35. The molecule has 2 amide bonds. The summed E-state index contributed by atoms with van der Waals surface area (Å²) in [6.07, 6.45) is 1.43. The van der Waals surface area contributed by atoms with E-state index < -0.39 is 35.5 Å². The average molecular weight is 604 g/mol. The van der Waals surface area contributed by atoms with Crippen LogP contribution in [0.2, 0.25) is 0 Å². The van der Waals surface area contributed by atoms with Crippen LogP contribution in [0, 0.1) is 11.3 Å². The predicted molar refractivity (Wildman–Crippen MR) is 165 cm³/mol. The Kier molecular flexibility index (Phi) is 9.39. The Bertz CT molecular complexity index is 1500. The second-order valence-corrected chi connectivity index (χ2v) is 12.7. The standard InChI is InChI=1S/C34H41N3O7/c1-34(2,3)31(36-30(38)16-21-12-14-43-15-13-21)32(39)37-20-24(18-28(37)33(40)41)44-29-19-26(22-8-6-5-7-9-22)35-27-17-23(42-4)10-11-25(27)29/h5-11,17,19,21,24,28,31H,12-16,18,20H2,1-4H3,(H,36,38)(H,40,41). The Balaban J connectivity index is 1.39. The number of carboxylic acid groups (broad SMARTS) is 1. The molecule has 1 aromatic heterocycles. The molecule has 10 heteroatoms. The lowest BCUT2D eigenvalue weighted by Gasteiger charge is -2.35. The van der Waals surface area contributed by atoms with Gasteiger partial charge in [-0.15, -0.1) is 0 Å². The van der Waals surface area contributed by atoms with E-state index in [9.17, 15) is 19.5 Å². The van der Waals surface area contributed by atoms with E-state index in [-0.39, 0.29) is 24.8 Å². The number of benzene rings is 2. The van der Waals surface area contributed by atoms with Crippen LogP contribution in [0.5, 0.6) is 11.5 Å². The molecule has 44 heavy (non-hydrogen) atoms. The highest BCUT2D eigenvalue weighted by Gasteiger charge is 2.46. The third-order valence-electron chi connectivity index (χ3n) is 8.41. The molecule has 2 aromatic carbocycles. The van der Waals surface area contributed by atoms with Crippen LogP contribution in [0.15, 0.2) is 54.6 Å². The van der Waals surface area contributed by atoms with Crippen molar-refractivity contribution >= 4 is 28.7 Å². The lowest BCUT2D eigenvalue weighted by Crippen LogP contribution is -2.57. The van der Waals surface area contributed by atoms with Gasteiger partial charge in [0.1, 0.15) is 29.7 Å². The van der Waals surface area contributed by atoms with E-state index >= 15 is 0 Å². The Morgan fingerprint density at radius 3 is 2.48 bits per heavy atom. The van der Waals surface area contributed by atoms with Gasteiger partial charge in [-0.3, -0.25) is 9.59 Å². The van der Waals surface area contributed by atoms with Gasteiger partial charge < -0.3 is 29.5 Å². The summed E-state index contributed by atoms with van der Waals surface area (Å²) in [4.78, 5) is 45.7. The Morgan fingerprint density at radius 1 is 1.09 bits per heavy atom. The first-order chi connectivity index (χ1) is 21.0. The average Bonchev–Trinajstić information content (AvgIpc) is 3.44. The van der Waals surface area contributed by atoms with Crippen LogP contribution in [0.4, 0.5) is 0 Å². The van der Waals surface area contributed by atoms with Crippen molar-refractivity contribution in [1.82, 2.24) is 15.2 Å². The monoisotopic (exact) mass is 603 g/mol. The zero-order chi connectivity index (χ0) is 31.4. The first-order valence-corrected chi connectivity index (χ1v) is 15.1. The second kappa shape index (κ2) is 13.2. The van der Waals surface area contributed by atoms with Crippen molar-refractivity contribution in [2.75, 3.05) is 26.9 Å². The number of pyridine rings is 1. The van der Waals surface area contributed by atoms with Gasteiger partial charge in [0.05, 0.1) is 24.9 Å². The molecule has 2 aliphatic heterocycles. The molecule has 2 aliphatic rings. The summed E-state index contributed by atoms with van der Waals surface area (Å²) >= 11 is 0. The van der Waals surface area contributed by atoms with Crippen molar-refractivity contribution in [3.05, 3.63) is 54.6 Å². The Labute approximate surface area is 257 Å². The molecule has 0 spiro atoms. The molecule has 5 rings (SSSR count). The van der Waals surface area contributed by atoms with Gasteiger partial charge in [0, 0.05) is 49.1 Å². The number of carboxylic acids is 1. The van der Waals surface area contributed by atoms with Gasteiger partial charge in [-0.05, 0) is 36.3 Å². The number of hydrogen-bond donors (Lipinski definition) is 2. The molecule has 2 N–H and O–H groups in total. The molecule has 2 saturated heterocycles. The number of aromatic nitrogens is 1. The van der Waals surface area contributed by atoms with Crippen molar-refractivity contribution < 1.29 is 33.7 Å². The van der Waals surface area contributed by atoms with Crippen molar-refractivity contribution in [1.29, 1.82) is 0 Å². The molecular formula is C34H41N3O7. The smallest absolute Gasteiger partial charge is 0.326 e. The van der Waals surface area contributed by atoms with E-state index in [1.807, 2.05) is 75.4 Å². The first-order valence-electron chi connectivity index (χ1n) is 15.1. The summed E-state index contributed by atoms with van der Waals surface area (Å²) < 4.78 is 17.3. The molecular weight excluding hydrogens is 562 g/mol. The number of aliphatic carboxylic acids is 1.